The summed E-state index contributed by atoms with van der Waals surface area (Å²) in [5.41, 5.74) is 11.8. The number of aliphatic hydroxyl groups is 2. The van der Waals surface area contributed by atoms with Crippen LogP contribution < -0.4 is 16.8 Å². The largest absolute Gasteiger partial charge is 0.481 e. The molecule has 1 aliphatic rings. The molecule has 0 saturated carbocycles. The van der Waals surface area contributed by atoms with E-state index in [-0.39, 0.29) is 22.9 Å². The summed E-state index contributed by atoms with van der Waals surface area (Å²) in [5, 5.41) is 24.2. The Labute approximate surface area is 199 Å². The van der Waals surface area contributed by atoms with E-state index >= 15 is 0 Å². The molecule has 0 aromatic carbocycles. The Bertz CT molecular complexity index is 1100. The number of hydrogen-bond acceptors (Lipinski definition) is 13. The molecule has 1 fully saturated rings. The van der Waals surface area contributed by atoms with E-state index in [1.54, 1.807) is 0 Å². The van der Waals surface area contributed by atoms with Gasteiger partial charge in [-0.25, -0.2) is 24.1 Å². The number of phosphoric acid groups is 2. The topological polar surface area (TPSA) is 271 Å². The molecule has 17 nitrogen and oxygen atoms in total. The average molecular weight is 541 g/mol. The zero-order chi connectivity index (χ0) is 25.8. The Morgan fingerprint density at radius 3 is 2.51 bits per heavy atom. The first-order valence-corrected chi connectivity index (χ1v) is 13.6. The number of ether oxygens (including phenoxy) is 1. The second-order valence-electron chi connectivity index (χ2n) is 7.75. The molecule has 0 spiro atoms. The molecule has 10 N–H and O–H groups in total. The second-order valence-corrected chi connectivity index (χ2v) is 10.6. The number of aromatic nitrogens is 4. The molecule has 2 aromatic rings. The van der Waals surface area contributed by atoms with Gasteiger partial charge in [-0.15, -0.1) is 0 Å². The summed E-state index contributed by atoms with van der Waals surface area (Å²) in [6.45, 7) is 0.283. The number of rotatable bonds is 13. The summed E-state index contributed by atoms with van der Waals surface area (Å²) in [6.07, 6.45) is -1.06. The third kappa shape index (κ3) is 7.15. The number of aliphatic hydroxyl groups excluding tert-OH is 2. The van der Waals surface area contributed by atoms with Crippen LogP contribution in [0.3, 0.4) is 0 Å². The van der Waals surface area contributed by atoms with Crippen molar-refractivity contribution in [1.29, 1.82) is 0 Å². The van der Waals surface area contributed by atoms with Gasteiger partial charge in [-0.3, -0.25) is 9.09 Å². The summed E-state index contributed by atoms with van der Waals surface area (Å²) in [4.78, 5) is 39.3. The van der Waals surface area contributed by atoms with Gasteiger partial charge >= 0.3 is 15.6 Å². The highest BCUT2D eigenvalue weighted by atomic mass is 31.3. The maximum Gasteiger partial charge on any atom is 0.481 e. The lowest BCUT2D eigenvalue weighted by Gasteiger charge is -2.20. The number of unbranched alkanes of at least 4 members (excludes halogenated alkanes) is 3. The standard InChI is InChI=1S/C16H29N7O10P2/c17-5-3-1-2-4-6-19-16-22-10-13(18)20-8-21-14(10)23(16)15-12(25)11(24)9(32-15)7-31-35(29,30)33-34(26,27)28/h8-9,11-12,15,24-25H,1-7,17H2,(H,19,22)(H,29,30)(H2,18,20,21)(H2,26,27,28)/t9-,11-,12-,15-/m1/s1. The molecular weight excluding hydrogens is 512 g/mol. The van der Waals surface area contributed by atoms with Crippen LogP contribution in [0.4, 0.5) is 11.8 Å². The predicted molar refractivity (Wildman–Crippen MR) is 121 cm³/mol. The summed E-state index contributed by atoms with van der Waals surface area (Å²) in [6, 6.07) is 0. The molecule has 198 valence electrons. The third-order valence-corrected chi connectivity index (χ3v) is 7.27. The molecule has 0 amide bonds. The second kappa shape index (κ2) is 11.5. The van der Waals surface area contributed by atoms with E-state index in [9.17, 15) is 24.2 Å². The highest BCUT2D eigenvalue weighted by Gasteiger charge is 2.46. The molecule has 0 aliphatic carbocycles. The van der Waals surface area contributed by atoms with Crippen molar-refractivity contribution in [3.63, 3.8) is 0 Å². The predicted octanol–water partition coefficient (Wildman–Crippen LogP) is -0.815. The molecule has 1 aliphatic heterocycles. The monoisotopic (exact) mass is 541 g/mol. The third-order valence-electron chi connectivity index (χ3n) is 5.12. The number of nitrogens with zero attached hydrogens (tertiary/aromatic N) is 4. The van der Waals surface area contributed by atoms with Gasteiger partial charge in [0.05, 0.1) is 6.61 Å². The molecule has 1 saturated heterocycles. The minimum absolute atomic E-state index is 0.0727. The van der Waals surface area contributed by atoms with Crippen LogP contribution >= 0.6 is 15.6 Å². The normalized spacial score (nSPS) is 24.6. The zero-order valence-corrected chi connectivity index (χ0v) is 20.2. The number of nitrogen functional groups attached to an aromatic ring is 1. The first-order chi connectivity index (χ1) is 16.4. The number of nitrogens with one attached hydrogen (secondary N) is 1. The van der Waals surface area contributed by atoms with Crippen molar-refractivity contribution in [3.05, 3.63) is 6.33 Å². The fraction of sp³-hybridized carbons (Fsp3) is 0.688. The molecule has 5 atom stereocenters. The van der Waals surface area contributed by atoms with E-state index in [1.807, 2.05) is 0 Å². The first kappa shape index (κ1) is 27.8. The van der Waals surface area contributed by atoms with Crippen LogP contribution in [-0.4, -0.2) is 82.4 Å². The van der Waals surface area contributed by atoms with Crippen LogP contribution in [0.25, 0.3) is 11.2 Å². The van der Waals surface area contributed by atoms with Crippen LogP contribution in [0.5, 0.6) is 0 Å². The van der Waals surface area contributed by atoms with E-state index in [2.05, 4.69) is 29.1 Å². The van der Waals surface area contributed by atoms with E-state index in [0.29, 0.717) is 13.1 Å². The lowest BCUT2D eigenvalue weighted by Crippen LogP contribution is -2.33. The Kier molecular flexibility index (Phi) is 9.17. The SMILES string of the molecule is NCCCCCCNc1nc2c(N)ncnc2n1[C@@H]1O[C@H](COP(=O)(O)OP(=O)(O)O)[C@@H](O)[C@H]1O. The van der Waals surface area contributed by atoms with Crippen molar-refractivity contribution >= 4 is 38.6 Å². The molecule has 0 radical (unpaired) electrons. The van der Waals surface area contributed by atoms with E-state index in [4.69, 9.17) is 26.0 Å². The highest BCUT2D eigenvalue weighted by molar-refractivity contribution is 7.60. The van der Waals surface area contributed by atoms with Crippen molar-refractivity contribution in [2.24, 2.45) is 5.73 Å². The summed E-state index contributed by atoms with van der Waals surface area (Å²) in [5.74, 6) is 0.296. The molecule has 3 heterocycles. The van der Waals surface area contributed by atoms with Crippen LogP contribution in [0, 0.1) is 0 Å². The maximum absolute atomic E-state index is 11.7. The molecule has 3 rings (SSSR count). The molecule has 35 heavy (non-hydrogen) atoms. The van der Waals surface area contributed by atoms with Crippen LogP contribution in [0.2, 0.25) is 0 Å². The van der Waals surface area contributed by atoms with Crippen molar-refractivity contribution in [2.75, 3.05) is 30.7 Å². The molecular formula is C16H29N7O10P2. The number of nitrogens with two attached hydrogens (primary N) is 2. The number of anilines is 2. The minimum Gasteiger partial charge on any atom is -0.387 e. The zero-order valence-electron chi connectivity index (χ0n) is 18.5. The highest BCUT2D eigenvalue weighted by Crippen LogP contribution is 2.57. The number of imidazole rings is 1. The van der Waals surface area contributed by atoms with Crippen LogP contribution in [0.1, 0.15) is 31.9 Å². The van der Waals surface area contributed by atoms with Gasteiger partial charge in [-0.1, -0.05) is 12.8 Å². The fourth-order valence-corrected chi connectivity index (χ4v) is 5.12. The van der Waals surface area contributed by atoms with Gasteiger partial charge in [0.2, 0.25) is 5.95 Å². The molecule has 1 unspecified atom stereocenters. The van der Waals surface area contributed by atoms with Gasteiger partial charge < -0.3 is 46.4 Å². The average Bonchev–Trinajstić information content (AvgIpc) is 3.26. The van der Waals surface area contributed by atoms with Crippen molar-refractivity contribution < 1.29 is 47.6 Å². The minimum atomic E-state index is -5.33. The molecule has 0 bridgehead atoms. The Balaban J connectivity index is 1.78. The smallest absolute Gasteiger partial charge is 0.387 e. The van der Waals surface area contributed by atoms with Gasteiger partial charge in [0.1, 0.15) is 24.6 Å². The van der Waals surface area contributed by atoms with E-state index in [0.717, 1.165) is 25.7 Å². The van der Waals surface area contributed by atoms with Gasteiger partial charge in [0.25, 0.3) is 0 Å². The Hall–Kier alpha value is -1.75. The Morgan fingerprint density at radius 1 is 1.11 bits per heavy atom. The van der Waals surface area contributed by atoms with Gasteiger partial charge in [0.15, 0.2) is 23.2 Å². The summed E-state index contributed by atoms with van der Waals surface area (Å²) < 4.78 is 37.8. The number of phosphoric ester groups is 1. The summed E-state index contributed by atoms with van der Waals surface area (Å²) >= 11 is 0. The lowest BCUT2D eigenvalue weighted by atomic mass is 10.1. The van der Waals surface area contributed by atoms with Crippen molar-refractivity contribution in [1.82, 2.24) is 19.5 Å². The number of hydrogen-bond donors (Lipinski definition) is 8. The first-order valence-electron chi connectivity index (χ1n) is 10.6. The van der Waals surface area contributed by atoms with Crippen molar-refractivity contribution in [2.45, 2.75) is 50.2 Å². The molecule has 19 heteroatoms. The maximum atomic E-state index is 11.7. The summed E-state index contributed by atoms with van der Waals surface area (Å²) in [7, 11) is -10.5. The van der Waals surface area contributed by atoms with Crippen LogP contribution in [-0.2, 0) is 22.7 Å². The Morgan fingerprint density at radius 2 is 1.83 bits per heavy atom. The number of fused-ring (bicyclic) bond motifs is 1. The quantitative estimate of drug-likeness (QED) is 0.114. The fourth-order valence-electron chi connectivity index (χ4n) is 3.52. The van der Waals surface area contributed by atoms with Gasteiger partial charge in [-0.2, -0.15) is 4.31 Å². The van der Waals surface area contributed by atoms with Gasteiger partial charge in [-0.05, 0) is 19.4 Å². The van der Waals surface area contributed by atoms with Crippen molar-refractivity contribution in [3.8, 4) is 0 Å². The van der Waals surface area contributed by atoms with E-state index in [1.165, 1.54) is 10.9 Å². The van der Waals surface area contributed by atoms with E-state index < -0.39 is 46.8 Å². The van der Waals surface area contributed by atoms with Crippen LogP contribution in [0.15, 0.2) is 6.33 Å². The van der Waals surface area contributed by atoms with Gasteiger partial charge in [0, 0.05) is 6.54 Å². The molecule has 2 aromatic heterocycles. The lowest BCUT2D eigenvalue weighted by molar-refractivity contribution is -0.0493.